The van der Waals surface area contributed by atoms with Crippen LogP contribution in [0.25, 0.3) is 0 Å². The summed E-state index contributed by atoms with van der Waals surface area (Å²) in [6.07, 6.45) is 7.60. The Morgan fingerprint density at radius 2 is 0.938 bits per heavy atom. The van der Waals surface area contributed by atoms with Crippen LogP contribution in [0, 0.1) is 0 Å². The van der Waals surface area contributed by atoms with Crippen molar-refractivity contribution in [2.24, 2.45) is 0 Å². The first-order chi connectivity index (χ1) is 15.7. The van der Waals surface area contributed by atoms with Crippen molar-refractivity contribution in [1.82, 2.24) is 0 Å². The third kappa shape index (κ3) is 10.3. The third-order valence-corrected chi connectivity index (χ3v) is 19.0. The Kier molecular flexibility index (Phi) is 15.1. The second-order valence-electron chi connectivity index (χ2n) is 9.80. The van der Waals surface area contributed by atoms with Crippen LogP contribution in [0.2, 0.25) is 61.9 Å². The van der Waals surface area contributed by atoms with Crippen LogP contribution in [0.4, 0.5) is 0 Å². The molecule has 0 heterocycles. The SMILES string of the molecule is C[SiH2]CCC[Si](CCC[SiH2]C)(CCC[SiH2]C)CCCP(c1ccccc1)c1ccccc1. The van der Waals surface area contributed by atoms with Crippen LogP contribution < -0.4 is 10.6 Å². The molecule has 0 spiro atoms. The lowest BCUT2D eigenvalue weighted by molar-refractivity contribution is 0.878. The minimum atomic E-state index is -1.10. The third-order valence-electron chi connectivity index (χ3n) is 7.16. The van der Waals surface area contributed by atoms with E-state index in [0.717, 1.165) is 0 Å². The first-order valence-corrected chi connectivity index (χ1v) is 25.2. The van der Waals surface area contributed by atoms with Gasteiger partial charge in [0.05, 0.1) is 8.07 Å². The summed E-state index contributed by atoms with van der Waals surface area (Å²) < 4.78 is 0. The smallest absolute Gasteiger partial charge is 0.0535 e. The predicted molar refractivity (Wildman–Crippen MR) is 165 cm³/mol. The second kappa shape index (κ2) is 17.2. The molecule has 0 nitrogen and oxygen atoms in total. The summed E-state index contributed by atoms with van der Waals surface area (Å²) in [5.41, 5.74) is 0. The quantitative estimate of drug-likeness (QED) is 0.129. The van der Waals surface area contributed by atoms with E-state index in [4.69, 9.17) is 0 Å². The van der Waals surface area contributed by atoms with E-state index in [2.05, 4.69) is 80.3 Å². The van der Waals surface area contributed by atoms with Crippen molar-refractivity contribution < 1.29 is 0 Å². The van der Waals surface area contributed by atoms with Gasteiger partial charge in [0.2, 0.25) is 0 Å². The van der Waals surface area contributed by atoms with Crippen molar-refractivity contribution in [1.29, 1.82) is 0 Å². The average Bonchev–Trinajstić information content (AvgIpc) is 2.83. The maximum absolute atomic E-state index is 2.52. The van der Waals surface area contributed by atoms with Crippen LogP contribution in [0.15, 0.2) is 60.7 Å². The van der Waals surface area contributed by atoms with Gasteiger partial charge < -0.3 is 0 Å². The fourth-order valence-electron chi connectivity index (χ4n) is 5.24. The van der Waals surface area contributed by atoms with Crippen LogP contribution in [0.5, 0.6) is 0 Å². The van der Waals surface area contributed by atoms with Gasteiger partial charge in [-0.15, -0.1) is 0 Å². The van der Waals surface area contributed by atoms with Crippen molar-refractivity contribution >= 4 is 55.2 Å². The molecule has 0 aromatic heterocycles. The lowest BCUT2D eigenvalue weighted by atomic mass is 10.4. The van der Waals surface area contributed by atoms with Gasteiger partial charge in [0.25, 0.3) is 0 Å². The van der Waals surface area contributed by atoms with E-state index in [1.165, 1.54) is 12.6 Å². The van der Waals surface area contributed by atoms with Gasteiger partial charge in [0, 0.05) is 28.6 Å². The fraction of sp³-hybridized carbons (Fsp3) is 0.556. The van der Waals surface area contributed by atoms with Crippen molar-refractivity contribution in [2.45, 2.75) is 87.6 Å². The normalized spacial score (nSPS) is 14.5. The topological polar surface area (TPSA) is 0 Å². The minimum absolute atomic E-state index is 0.209. The molecule has 0 unspecified atom stereocenters. The zero-order valence-electron chi connectivity index (χ0n) is 21.3. The second-order valence-corrected chi connectivity index (χ2v) is 22.3. The summed E-state index contributed by atoms with van der Waals surface area (Å²) in [5.74, 6) is 0. The Balaban J connectivity index is 2.12. The van der Waals surface area contributed by atoms with Gasteiger partial charge in [0.15, 0.2) is 0 Å². The molecule has 0 bridgehead atoms. The van der Waals surface area contributed by atoms with Crippen molar-refractivity contribution in [3.63, 3.8) is 0 Å². The van der Waals surface area contributed by atoms with Crippen LogP contribution in [0.3, 0.4) is 0 Å². The van der Waals surface area contributed by atoms with E-state index in [1.54, 1.807) is 72.2 Å². The van der Waals surface area contributed by atoms with E-state index in [-0.39, 0.29) is 36.5 Å². The summed E-state index contributed by atoms with van der Waals surface area (Å²) in [7, 11) is -0.603. The molecule has 5 heteroatoms. The standard InChI is InChI=1S/C27H49PSi4/c1-29-19-11-23-32(24-12-20-30-2,25-13-21-31-3)22-10-18-28(26-14-6-4-7-15-26)27-16-8-5-9-17-27/h4-9,14-17H,10-13,18-25,29-31H2,1-3H3. The molecule has 0 saturated heterocycles. The Labute approximate surface area is 209 Å². The number of hydrogen-bond donors (Lipinski definition) is 0. The Bertz CT molecular complexity index is 629. The molecule has 2 rings (SSSR count). The van der Waals surface area contributed by atoms with Crippen molar-refractivity contribution in [3.8, 4) is 0 Å². The first kappa shape index (κ1) is 28.0. The summed E-state index contributed by atoms with van der Waals surface area (Å²) >= 11 is 0. The predicted octanol–water partition coefficient (Wildman–Crippen LogP) is 6.03. The summed E-state index contributed by atoms with van der Waals surface area (Å²) in [5, 5.41) is 3.15. The van der Waals surface area contributed by atoms with E-state index < -0.39 is 8.07 Å². The molecule has 0 aliphatic heterocycles. The zero-order chi connectivity index (χ0) is 22.9. The molecule has 0 aliphatic carbocycles. The van der Waals surface area contributed by atoms with Gasteiger partial charge >= 0.3 is 0 Å². The molecule has 32 heavy (non-hydrogen) atoms. The summed E-state index contributed by atoms with van der Waals surface area (Å²) in [4.78, 5) is 0. The highest BCUT2D eigenvalue weighted by molar-refractivity contribution is 7.73. The Hall–Kier alpha value is -0.262. The van der Waals surface area contributed by atoms with E-state index in [1.807, 2.05) is 0 Å². The Morgan fingerprint density at radius 1 is 0.562 bits per heavy atom. The number of benzene rings is 2. The van der Waals surface area contributed by atoms with Gasteiger partial charge in [-0.3, -0.25) is 0 Å². The van der Waals surface area contributed by atoms with Crippen molar-refractivity contribution in [2.75, 3.05) is 6.16 Å². The zero-order valence-corrected chi connectivity index (χ0v) is 27.5. The fourth-order valence-corrected chi connectivity index (χ4v) is 17.1. The highest BCUT2D eigenvalue weighted by Crippen LogP contribution is 2.39. The molecular weight excluding hydrogens is 468 g/mol. The van der Waals surface area contributed by atoms with Crippen LogP contribution in [-0.4, -0.2) is 42.8 Å². The molecule has 0 fully saturated rings. The molecule has 2 aromatic rings. The molecule has 0 radical (unpaired) electrons. The molecule has 0 aliphatic rings. The molecule has 0 N–H and O–H groups in total. The molecule has 178 valence electrons. The van der Waals surface area contributed by atoms with Crippen LogP contribution in [-0.2, 0) is 0 Å². The van der Waals surface area contributed by atoms with Gasteiger partial charge in [0.1, 0.15) is 0 Å². The molecule has 0 amide bonds. The number of rotatable bonds is 18. The first-order valence-electron chi connectivity index (χ1n) is 13.6. The van der Waals surface area contributed by atoms with Crippen molar-refractivity contribution in [3.05, 3.63) is 60.7 Å². The summed E-state index contributed by atoms with van der Waals surface area (Å²) in [6, 6.07) is 34.2. The maximum Gasteiger partial charge on any atom is 0.0535 e. The van der Waals surface area contributed by atoms with E-state index in [0.29, 0.717) is 0 Å². The monoisotopic (exact) mass is 516 g/mol. The molecule has 2 aromatic carbocycles. The van der Waals surface area contributed by atoms with E-state index >= 15 is 0 Å². The van der Waals surface area contributed by atoms with Gasteiger partial charge in [-0.25, -0.2) is 0 Å². The average molecular weight is 517 g/mol. The molecule has 0 saturated carbocycles. The van der Waals surface area contributed by atoms with Gasteiger partial charge in [-0.05, 0) is 24.7 Å². The maximum atomic E-state index is 2.52. The highest BCUT2D eigenvalue weighted by Gasteiger charge is 2.31. The van der Waals surface area contributed by atoms with Crippen LogP contribution >= 0.6 is 7.92 Å². The number of hydrogen-bond acceptors (Lipinski definition) is 0. The lowest BCUT2D eigenvalue weighted by Gasteiger charge is -2.33. The van der Waals surface area contributed by atoms with Gasteiger partial charge in [-0.2, -0.15) is 0 Å². The van der Waals surface area contributed by atoms with E-state index in [9.17, 15) is 0 Å². The summed E-state index contributed by atoms with van der Waals surface area (Å²) in [6.45, 7) is 7.55. The molecule has 0 atom stereocenters. The lowest BCUT2D eigenvalue weighted by Crippen LogP contribution is -2.34. The van der Waals surface area contributed by atoms with Crippen LogP contribution in [0.1, 0.15) is 25.7 Å². The van der Waals surface area contributed by atoms with Gasteiger partial charge in [-0.1, -0.05) is 148 Å². The molecular formula is C27H49PSi4. The minimum Gasteiger partial charge on any atom is -0.0748 e. The largest absolute Gasteiger partial charge is 0.0748 e. The Morgan fingerprint density at radius 3 is 1.31 bits per heavy atom. The highest BCUT2D eigenvalue weighted by atomic mass is 31.1.